The van der Waals surface area contributed by atoms with Gasteiger partial charge in [0.2, 0.25) is 0 Å². The molecule has 1 saturated heterocycles. The van der Waals surface area contributed by atoms with E-state index in [2.05, 4.69) is 0 Å². The summed E-state index contributed by atoms with van der Waals surface area (Å²) >= 11 is 2.03. The summed E-state index contributed by atoms with van der Waals surface area (Å²) in [5, 5.41) is 0. The van der Waals surface area contributed by atoms with Gasteiger partial charge >= 0.3 is 6.09 Å². The lowest BCUT2D eigenvalue weighted by molar-refractivity contribution is -0.134. The summed E-state index contributed by atoms with van der Waals surface area (Å²) in [6.45, 7) is 3.76. The number of ether oxygens (including phenoxy) is 1. The van der Waals surface area contributed by atoms with Crippen LogP contribution >= 0.6 is 22.6 Å². The van der Waals surface area contributed by atoms with Crippen molar-refractivity contribution in [1.29, 1.82) is 0 Å². The predicted octanol–water partition coefficient (Wildman–Crippen LogP) is 1.18. The SMILES string of the molecule is CCN1C(=O)OC(C)(CI)C1=O. The molecular weight excluding hydrogens is 273 g/mol. The van der Waals surface area contributed by atoms with Crippen LogP contribution in [0.1, 0.15) is 13.8 Å². The fourth-order valence-electron chi connectivity index (χ4n) is 1.02. The maximum atomic E-state index is 11.5. The Bertz CT molecular complexity index is 231. The first kappa shape index (κ1) is 9.76. The van der Waals surface area contributed by atoms with Crippen LogP contribution < -0.4 is 0 Å². The molecule has 1 heterocycles. The van der Waals surface area contributed by atoms with Gasteiger partial charge in [0.05, 0.1) is 0 Å². The highest BCUT2D eigenvalue weighted by Crippen LogP contribution is 2.25. The second kappa shape index (κ2) is 3.20. The molecule has 0 radical (unpaired) electrons. The number of halogens is 1. The van der Waals surface area contributed by atoms with E-state index in [4.69, 9.17) is 4.74 Å². The number of amides is 2. The lowest BCUT2D eigenvalue weighted by Gasteiger charge is -2.15. The number of nitrogens with zero attached hydrogens (tertiary/aromatic N) is 1. The molecule has 1 unspecified atom stereocenters. The van der Waals surface area contributed by atoms with E-state index in [0.717, 1.165) is 4.90 Å². The van der Waals surface area contributed by atoms with Crippen LogP contribution in [-0.2, 0) is 9.53 Å². The lowest BCUT2D eigenvalue weighted by Crippen LogP contribution is -2.39. The molecule has 0 aromatic carbocycles. The van der Waals surface area contributed by atoms with Crippen LogP contribution in [0.5, 0.6) is 0 Å². The molecule has 4 nitrogen and oxygen atoms in total. The standard InChI is InChI=1S/C7H10INO3/c1-3-9-5(10)7(2,4-8)12-6(9)11/h3-4H2,1-2H3. The van der Waals surface area contributed by atoms with Crippen LogP contribution in [-0.4, -0.2) is 33.5 Å². The maximum absolute atomic E-state index is 11.5. The fourth-order valence-corrected chi connectivity index (χ4v) is 1.50. The van der Waals surface area contributed by atoms with Crippen molar-refractivity contribution in [2.45, 2.75) is 19.4 Å². The summed E-state index contributed by atoms with van der Waals surface area (Å²) in [6.07, 6.45) is -0.526. The number of alkyl halides is 1. The Morgan fingerprint density at radius 2 is 2.17 bits per heavy atom. The molecule has 0 aliphatic carbocycles. The third-order valence-corrected chi connectivity index (χ3v) is 3.26. The van der Waals surface area contributed by atoms with Crippen LogP contribution in [0.3, 0.4) is 0 Å². The highest BCUT2D eigenvalue weighted by atomic mass is 127. The lowest BCUT2D eigenvalue weighted by atomic mass is 10.1. The van der Waals surface area contributed by atoms with Gasteiger partial charge in [0.15, 0.2) is 5.60 Å². The Morgan fingerprint density at radius 1 is 1.58 bits per heavy atom. The highest BCUT2D eigenvalue weighted by Gasteiger charge is 2.48. The van der Waals surface area contributed by atoms with Crippen molar-refractivity contribution in [1.82, 2.24) is 4.90 Å². The molecule has 0 saturated carbocycles. The molecule has 1 atom stereocenters. The van der Waals surface area contributed by atoms with Crippen LogP contribution in [0.4, 0.5) is 4.79 Å². The minimum Gasteiger partial charge on any atom is -0.432 e. The molecule has 12 heavy (non-hydrogen) atoms. The van der Waals surface area contributed by atoms with Gasteiger partial charge in [-0.15, -0.1) is 0 Å². The summed E-state index contributed by atoms with van der Waals surface area (Å²) in [4.78, 5) is 23.7. The third kappa shape index (κ3) is 1.30. The Morgan fingerprint density at radius 3 is 2.42 bits per heavy atom. The summed E-state index contributed by atoms with van der Waals surface area (Å²) in [6, 6.07) is 0. The van der Waals surface area contributed by atoms with Gasteiger partial charge in [0.1, 0.15) is 0 Å². The van der Waals surface area contributed by atoms with Crippen molar-refractivity contribution in [3.63, 3.8) is 0 Å². The predicted molar refractivity (Wildman–Crippen MR) is 51.2 cm³/mol. The van der Waals surface area contributed by atoms with E-state index in [0.29, 0.717) is 11.0 Å². The van der Waals surface area contributed by atoms with Gasteiger partial charge in [-0.05, 0) is 13.8 Å². The summed E-state index contributed by atoms with van der Waals surface area (Å²) in [5.41, 5.74) is -0.937. The number of rotatable bonds is 2. The van der Waals surface area contributed by atoms with Crippen molar-refractivity contribution in [3.05, 3.63) is 0 Å². The Kier molecular flexibility index (Phi) is 2.60. The van der Waals surface area contributed by atoms with Gasteiger partial charge < -0.3 is 4.74 Å². The molecule has 1 rings (SSSR count). The molecule has 0 aromatic rings. The molecular formula is C7H10INO3. The molecule has 1 aliphatic heterocycles. The number of carbonyl (C=O) groups is 2. The van der Waals surface area contributed by atoms with Gasteiger partial charge in [-0.3, -0.25) is 4.79 Å². The van der Waals surface area contributed by atoms with Crippen LogP contribution in [0, 0.1) is 0 Å². The minimum atomic E-state index is -0.937. The monoisotopic (exact) mass is 283 g/mol. The van der Waals surface area contributed by atoms with Crippen LogP contribution in [0.15, 0.2) is 0 Å². The zero-order valence-corrected chi connectivity index (χ0v) is 9.12. The Balaban J connectivity index is 2.89. The van der Waals surface area contributed by atoms with Crippen molar-refractivity contribution in [2.24, 2.45) is 0 Å². The second-order valence-electron chi connectivity index (χ2n) is 2.78. The first-order valence-corrected chi connectivity index (χ1v) is 5.18. The van der Waals surface area contributed by atoms with Crippen molar-refractivity contribution >= 4 is 34.6 Å². The van der Waals surface area contributed by atoms with Crippen molar-refractivity contribution in [3.8, 4) is 0 Å². The fraction of sp³-hybridized carbons (Fsp3) is 0.714. The maximum Gasteiger partial charge on any atom is 0.417 e. The molecule has 0 bridgehead atoms. The van der Waals surface area contributed by atoms with E-state index in [1.54, 1.807) is 13.8 Å². The number of likely N-dealkylation sites (N-methyl/N-ethyl adjacent to an activating group) is 1. The number of hydrogen-bond acceptors (Lipinski definition) is 3. The van der Waals surface area contributed by atoms with Gasteiger partial charge in [0, 0.05) is 11.0 Å². The summed E-state index contributed by atoms with van der Waals surface area (Å²) in [5.74, 6) is -0.232. The molecule has 1 aliphatic rings. The van der Waals surface area contributed by atoms with Crippen LogP contribution in [0.2, 0.25) is 0 Å². The van der Waals surface area contributed by atoms with E-state index >= 15 is 0 Å². The van der Waals surface area contributed by atoms with E-state index < -0.39 is 11.7 Å². The van der Waals surface area contributed by atoms with E-state index in [1.165, 1.54) is 0 Å². The van der Waals surface area contributed by atoms with Gasteiger partial charge in [0.25, 0.3) is 5.91 Å². The molecule has 5 heteroatoms. The Labute approximate surface area is 84.4 Å². The smallest absolute Gasteiger partial charge is 0.417 e. The number of cyclic esters (lactones) is 1. The second-order valence-corrected chi connectivity index (χ2v) is 3.54. The zero-order chi connectivity index (χ0) is 9.35. The van der Waals surface area contributed by atoms with Gasteiger partial charge in [-0.2, -0.15) is 0 Å². The molecule has 0 spiro atoms. The average molecular weight is 283 g/mol. The summed E-state index contributed by atoms with van der Waals surface area (Å²) < 4.78 is 5.44. The molecule has 0 N–H and O–H groups in total. The number of imide groups is 1. The number of hydrogen-bond donors (Lipinski definition) is 0. The molecule has 68 valence electrons. The first-order chi connectivity index (χ1) is 5.55. The van der Waals surface area contributed by atoms with Crippen LogP contribution in [0.25, 0.3) is 0 Å². The van der Waals surface area contributed by atoms with E-state index in [9.17, 15) is 9.59 Å². The highest BCUT2D eigenvalue weighted by molar-refractivity contribution is 14.1. The minimum absolute atomic E-state index is 0.232. The first-order valence-electron chi connectivity index (χ1n) is 3.66. The average Bonchev–Trinajstić information content (AvgIpc) is 2.25. The topological polar surface area (TPSA) is 46.6 Å². The third-order valence-electron chi connectivity index (χ3n) is 1.80. The Hall–Kier alpha value is -0.330. The summed E-state index contributed by atoms with van der Waals surface area (Å²) in [7, 11) is 0. The molecule has 2 amide bonds. The quantitative estimate of drug-likeness (QED) is 0.564. The van der Waals surface area contributed by atoms with Gasteiger partial charge in [-0.1, -0.05) is 22.6 Å². The largest absolute Gasteiger partial charge is 0.432 e. The van der Waals surface area contributed by atoms with Crippen molar-refractivity contribution in [2.75, 3.05) is 11.0 Å². The van der Waals surface area contributed by atoms with Crippen molar-refractivity contribution < 1.29 is 14.3 Å². The van der Waals surface area contributed by atoms with E-state index in [-0.39, 0.29) is 5.91 Å². The van der Waals surface area contributed by atoms with E-state index in [1.807, 2.05) is 22.6 Å². The normalized spacial score (nSPS) is 29.4. The number of carbonyl (C=O) groups excluding carboxylic acids is 2. The molecule has 0 aromatic heterocycles. The van der Waals surface area contributed by atoms with Gasteiger partial charge in [-0.25, -0.2) is 9.69 Å². The zero-order valence-electron chi connectivity index (χ0n) is 6.96. The molecule has 1 fully saturated rings.